The van der Waals surface area contributed by atoms with Crippen molar-refractivity contribution < 1.29 is 9.13 Å². The molecule has 2 aliphatic rings. The third-order valence-electron chi connectivity index (χ3n) is 6.86. The second-order valence-corrected chi connectivity index (χ2v) is 9.17. The highest BCUT2D eigenvalue weighted by Gasteiger charge is 2.23. The zero-order valence-corrected chi connectivity index (χ0v) is 18.4. The smallest absolute Gasteiger partial charge is 0.184 e. The van der Waals surface area contributed by atoms with E-state index >= 15 is 0 Å². The summed E-state index contributed by atoms with van der Waals surface area (Å²) in [7, 11) is 0. The van der Waals surface area contributed by atoms with Gasteiger partial charge >= 0.3 is 0 Å². The average molecular weight is 407 g/mol. The maximum Gasteiger partial charge on any atom is 0.184 e. The van der Waals surface area contributed by atoms with E-state index in [1.54, 1.807) is 6.07 Å². The molecule has 0 spiro atoms. The lowest BCUT2D eigenvalue weighted by atomic mass is 9.76. The summed E-state index contributed by atoms with van der Waals surface area (Å²) in [6.45, 7) is 4.60. The molecule has 1 fully saturated rings. The molecule has 0 amide bonds. The Bertz CT molecular complexity index is 661. The van der Waals surface area contributed by atoms with E-state index in [0.29, 0.717) is 6.61 Å². The first-order chi connectivity index (χ1) is 13.6. The number of halogens is 2. The number of hydrogen-bond donors (Lipinski definition) is 0. The summed E-state index contributed by atoms with van der Waals surface area (Å²) < 4.78 is 19.7. The normalized spacial score (nSPS) is 25.4. The molecule has 1 saturated carbocycles. The number of benzene rings is 1. The highest BCUT2D eigenvalue weighted by molar-refractivity contribution is 6.32. The first-order valence-electron chi connectivity index (χ1n) is 11.4. The van der Waals surface area contributed by atoms with Crippen molar-refractivity contribution in [1.82, 2.24) is 0 Å². The second-order valence-electron chi connectivity index (χ2n) is 8.79. The molecule has 3 rings (SSSR count). The molecular weight excluding hydrogens is 371 g/mol. The van der Waals surface area contributed by atoms with Gasteiger partial charge in [0.05, 0.1) is 11.6 Å². The van der Waals surface area contributed by atoms with E-state index in [4.69, 9.17) is 16.3 Å². The SMILES string of the molecule is CCCC1CCC(CCC2CC=C(c3ccc(OCC)c(F)c3Cl)CC2)CC1. The minimum atomic E-state index is -0.428. The van der Waals surface area contributed by atoms with Crippen LogP contribution in [-0.2, 0) is 0 Å². The van der Waals surface area contributed by atoms with Gasteiger partial charge in [0.25, 0.3) is 0 Å². The number of rotatable bonds is 8. The van der Waals surface area contributed by atoms with E-state index in [2.05, 4.69) is 13.0 Å². The fourth-order valence-corrected chi connectivity index (χ4v) is 5.41. The highest BCUT2D eigenvalue weighted by atomic mass is 35.5. The lowest BCUT2D eigenvalue weighted by Gasteiger charge is -2.30. The summed E-state index contributed by atoms with van der Waals surface area (Å²) >= 11 is 6.30. The van der Waals surface area contributed by atoms with Crippen LogP contribution >= 0.6 is 11.6 Å². The minimum Gasteiger partial charge on any atom is -0.491 e. The summed E-state index contributed by atoms with van der Waals surface area (Å²) in [4.78, 5) is 0. The Labute approximate surface area is 175 Å². The Morgan fingerprint density at radius 1 is 0.964 bits per heavy atom. The average Bonchev–Trinajstić information content (AvgIpc) is 2.72. The molecule has 1 atom stereocenters. The van der Waals surface area contributed by atoms with Crippen LogP contribution in [0.4, 0.5) is 4.39 Å². The van der Waals surface area contributed by atoms with Gasteiger partial charge < -0.3 is 4.74 Å². The largest absolute Gasteiger partial charge is 0.491 e. The van der Waals surface area contributed by atoms with Crippen LogP contribution in [0.25, 0.3) is 5.57 Å². The summed E-state index contributed by atoms with van der Waals surface area (Å²) in [6, 6.07) is 3.62. The molecule has 0 radical (unpaired) electrons. The van der Waals surface area contributed by atoms with Crippen LogP contribution in [0.15, 0.2) is 18.2 Å². The summed E-state index contributed by atoms with van der Waals surface area (Å²) in [5.41, 5.74) is 2.04. The molecule has 1 aromatic carbocycles. The molecule has 1 unspecified atom stereocenters. The van der Waals surface area contributed by atoms with Crippen molar-refractivity contribution in [2.75, 3.05) is 6.61 Å². The lowest BCUT2D eigenvalue weighted by molar-refractivity contribution is 0.237. The molecule has 1 nitrogen and oxygen atoms in total. The molecule has 3 heteroatoms. The van der Waals surface area contributed by atoms with Crippen molar-refractivity contribution in [3.8, 4) is 5.75 Å². The topological polar surface area (TPSA) is 9.23 Å². The molecule has 0 N–H and O–H groups in total. The Morgan fingerprint density at radius 2 is 1.64 bits per heavy atom. The molecule has 28 heavy (non-hydrogen) atoms. The Hall–Kier alpha value is -1.02. The fourth-order valence-electron chi connectivity index (χ4n) is 5.13. The van der Waals surface area contributed by atoms with Crippen molar-refractivity contribution >= 4 is 17.2 Å². The van der Waals surface area contributed by atoms with E-state index in [9.17, 15) is 4.39 Å². The molecule has 0 aromatic heterocycles. The van der Waals surface area contributed by atoms with E-state index in [0.717, 1.165) is 36.2 Å². The quantitative estimate of drug-likeness (QED) is 0.420. The van der Waals surface area contributed by atoms with Crippen LogP contribution in [0, 0.1) is 23.6 Å². The van der Waals surface area contributed by atoms with Gasteiger partial charge in [-0.05, 0) is 73.6 Å². The van der Waals surface area contributed by atoms with Crippen LogP contribution in [0.5, 0.6) is 5.75 Å². The van der Waals surface area contributed by atoms with E-state index in [1.165, 1.54) is 63.4 Å². The van der Waals surface area contributed by atoms with Crippen molar-refractivity contribution in [1.29, 1.82) is 0 Å². The molecule has 156 valence electrons. The van der Waals surface area contributed by atoms with Gasteiger partial charge in [-0.3, -0.25) is 0 Å². The van der Waals surface area contributed by atoms with Crippen molar-refractivity contribution in [3.05, 3.63) is 34.6 Å². The van der Waals surface area contributed by atoms with Crippen molar-refractivity contribution in [2.45, 2.75) is 84.5 Å². The third kappa shape index (κ3) is 5.53. The standard InChI is InChI=1S/C25H36ClFO/c1-3-5-18-6-8-19(9-7-18)10-11-20-12-14-21(15-13-20)22-16-17-23(28-4-2)25(27)24(22)26/h14,16-20H,3-13,15H2,1-2H3. The molecule has 0 saturated heterocycles. The second kappa shape index (κ2) is 10.7. The van der Waals surface area contributed by atoms with Gasteiger partial charge in [0.1, 0.15) is 0 Å². The molecule has 0 aliphatic heterocycles. The Balaban J connectivity index is 1.49. The Morgan fingerprint density at radius 3 is 2.25 bits per heavy atom. The zero-order valence-electron chi connectivity index (χ0n) is 17.6. The monoisotopic (exact) mass is 406 g/mol. The van der Waals surface area contributed by atoms with Gasteiger partial charge in [0.15, 0.2) is 11.6 Å². The molecule has 2 aliphatic carbocycles. The molecular formula is C25H36ClFO. The van der Waals surface area contributed by atoms with Crippen molar-refractivity contribution in [2.24, 2.45) is 17.8 Å². The van der Waals surface area contributed by atoms with Crippen LogP contribution < -0.4 is 4.74 Å². The number of hydrogen-bond acceptors (Lipinski definition) is 1. The van der Waals surface area contributed by atoms with Gasteiger partial charge in [-0.2, -0.15) is 0 Å². The van der Waals surface area contributed by atoms with Gasteiger partial charge in [-0.1, -0.05) is 69.5 Å². The van der Waals surface area contributed by atoms with Crippen molar-refractivity contribution in [3.63, 3.8) is 0 Å². The molecule has 1 aromatic rings. The van der Waals surface area contributed by atoms with Gasteiger partial charge in [0.2, 0.25) is 0 Å². The number of ether oxygens (including phenoxy) is 1. The lowest BCUT2D eigenvalue weighted by Crippen LogP contribution is -2.16. The molecule has 0 bridgehead atoms. The summed E-state index contributed by atoms with van der Waals surface area (Å²) in [6.07, 6.45) is 16.9. The first kappa shape index (κ1) is 21.7. The van der Waals surface area contributed by atoms with Gasteiger partial charge in [0, 0.05) is 0 Å². The summed E-state index contributed by atoms with van der Waals surface area (Å²) in [5, 5.41) is 0.208. The van der Waals surface area contributed by atoms with Gasteiger partial charge in [-0.25, -0.2) is 4.39 Å². The Kier molecular flexibility index (Phi) is 8.26. The number of allylic oxidation sites excluding steroid dienone is 2. The first-order valence-corrected chi connectivity index (χ1v) is 11.8. The highest BCUT2D eigenvalue weighted by Crippen LogP contribution is 2.40. The van der Waals surface area contributed by atoms with E-state index < -0.39 is 5.82 Å². The van der Waals surface area contributed by atoms with Gasteiger partial charge in [-0.15, -0.1) is 0 Å². The summed E-state index contributed by atoms with van der Waals surface area (Å²) in [5.74, 6) is 2.55. The maximum atomic E-state index is 14.4. The molecule has 0 heterocycles. The fraction of sp³-hybridized carbons (Fsp3) is 0.680. The zero-order chi connectivity index (χ0) is 19.9. The van der Waals surface area contributed by atoms with Crippen LogP contribution in [0.1, 0.15) is 90.0 Å². The van der Waals surface area contributed by atoms with Crippen LogP contribution in [-0.4, -0.2) is 6.61 Å². The van der Waals surface area contributed by atoms with Crippen LogP contribution in [0.2, 0.25) is 5.02 Å². The predicted octanol–water partition coefficient (Wildman–Crippen LogP) is 8.45. The van der Waals surface area contributed by atoms with Crippen LogP contribution in [0.3, 0.4) is 0 Å². The van der Waals surface area contributed by atoms with E-state index in [-0.39, 0.29) is 10.8 Å². The van der Waals surface area contributed by atoms with E-state index in [1.807, 2.05) is 13.0 Å². The minimum absolute atomic E-state index is 0.208. The predicted molar refractivity (Wildman–Crippen MR) is 117 cm³/mol. The maximum absolute atomic E-state index is 14.4. The third-order valence-corrected chi connectivity index (χ3v) is 7.23.